The SMILES string of the molecule is COc1ccc(C(=O)Nc2nc(CC(=O)NCCC3=CCCCC3)cs2)cc1OC. The van der Waals surface area contributed by atoms with E-state index in [4.69, 9.17) is 9.47 Å². The summed E-state index contributed by atoms with van der Waals surface area (Å²) in [5.74, 6) is 0.665. The van der Waals surface area contributed by atoms with Crippen LogP contribution in [0.1, 0.15) is 48.2 Å². The first-order chi connectivity index (χ1) is 14.6. The Morgan fingerprint density at radius 3 is 2.73 bits per heavy atom. The number of anilines is 1. The van der Waals surface area contributed by atoms with Crippen molar-refractivity contribution < 1.29 is 19.1 Å². The first-order valence-corrected chi connectivity index (χ1v) is 10.9. The summed E-state index contributed by atoms with van der Waals surface area (Å²) in [4.78, 5) is 29.0. The number of nitrogens with one attached hydrogen (secondary N) is 2. The lowest BCUT2D eigenvalue weighted by molar-refractivity contribution is -0.120. The first-order valence-electron chi connectivity index (χ1n) is 10.0. The van der Waals surface area contributed by atoms with E-state index in [9.17, 15) is 9.59 Å². The third-order valence-electron chi connectivity index (χ3n) is 4.91. The molecule has 1 heterocycles. The molecule has 2 amide bonds. The number of carbonyl (C=O) groups is 2. The van der Waals surface area contributed by atoms with Crippen LogP contribution >= 0.6 is 11.3 Å². The molecule has 1 aromatic heterocycles. The van der Waals surface area contributed by atoms with Crippen LogP contribution < -0.4 is 20.1 Å². The van der Waals surface area contributed by atoms with Crippen molar-refractivity contribution in [2.45, 2.75) is 38.5 Å². The number of aromatic nitrogens is 1. The fraction of sp³-hybridized carbons (Fsp3) is 0.409. The zero-order valence-corrected chi connectivity index (χ0v) is 18.1. The summed E-state index contributed by atoms with van der Waals surface area (Å²) in [6.07, 6.45) is 8.21. The predicted molar refractivity (Wildman–Crippen MR) is 117 cm³/mol. The number of methoxy groups -OCH3 is 2. The molecule has 0 radical (unpaired) electrons. The quantitative estimate of drug-likeness (QED) is 0.589. The normalized spacial score (nSPS) is 13.3. The van der Waals surface area contributed by atoms with Gasteiger partial charge in [-0.3, -0.25) is 14.9 Å². The molecule has 1 aliphatic rings. The van der Waals surface area contributed by atoms with Crippen LogP contribution in [-0.4, -0.2) is 37.6 Å². The summed E-state index contributed by atoms with van der Waals surface area (Å²) in [5, 5.41) is 7.94. The van der Waals surface area contributed by atoms with Crippen molar-refractivity contribution in [1.29, 1.82) is 0 Å². The molecule has 160 valence electrons. The topological polar surface area (TPSA) is 89.5 Å². The maximum atomic E-state index is 12.5. The summed E-state index contributed by atoms with van der Waals surface area (Å²) in [5.41, 5.74) is 2.51. The highest BCUT2D eigenvalue weighted by Crippen LogP contribution is 2.28. The molecule has 7 nitrogen and oxygen atoms in total. The van der Waals surface area contributed by atoms with Crippen LogP contribution in [-0.2, 0) is 11.2 Å². The maximum absolute atomic E-state index is 12.5. The van der Waals surface area contributed by atoms with Crippen molar-refractivity contribution >= 4 is 28.3 Å². The van der Waals surface area contributed by atoms with Crippen LogP contribution in [0.4, 0.5) is 5.13 Å². The first kappa shape index (κ1) is 21.8. The summed E-state index contributed by atoms with van der Waals surface area (Å²) >= 11 is 1.29. The predicted octanol–water partition coefficient (Wildman–Crippen LogP) is 3.96. The van der Waals surface area contributed by atoms with Crippen LogP contribution in [0.25, 0.3) is 0 Å². The highest BCUT2D eigenvalue weighted by Gasteiger charge is 2.14. The molecule has 0 bridgehead atoms. The van der Waals surface area contributed by atoms with Gasteiger partial charge in [0.2, 0.25) is 5.91 Å². The van der Waals surface area contributed by atoms with Crippen LogP contribution in [0.2, 0.25) is 0 Å². The Balaban J connectivity index is 1.49. The van der Waals surface area contributed by atoms with Gasteiger partial charge in [0.05, 0.1) is 26.3 Å². The molecule has 30 heavy (non-hydrogen) atoms. The Labute approximate surface area is 180 Å². The molecule has 0 spiro atoms. The molecule has 0 fully saturated rings. The minimum atomic E-state index is -0.304. The standard InChI is InChI=1S/C22H27N3O4S/c1-28-18-9-8-16(12-19(18)29-2)21(27)25-22-24-17(14-30-22)13-20(26)23-11-10-15-6-4-3-5-7-15/h6,8-9,12,14H,3-5,7,10-11,13H2,1-2H3,(H,23,26)(H,24,25,27). The largest absolute Gasteiger partial charge is 0.493 e. The second-order valence-electron chi connectivity index (χ2n) is 7.05. The third kappa shape index (κ3) is 6.06. The zero-order valence-electron chi connectivity index (χ0n) is 17.3. The lowest BCUT2D eigenvalue weighted by Crippen LogP contribution is -2.26. The highest BCUT2D eigenvalue weighted by molar-refractivity contribution is 7.14. The molecular weight excluding hydrogens is 402 g/mol. The van der Waals surface area contributed by atoms with Gasteiger partial charge in [-0.2, -0.15) is 0 Å². The molecule has 3 rings (SSSR count). The smallest absolute Gasteiger partial charge is 0.257 e. The average molecular weight is 430 g/mol. The second-order valence-corrected chi connectivity index (χ2v) is 7.91. The number of carbonyl (C=O) groups excluding carboxylic acids is 2. The number of rotatable bonds is 9. The number of hydrogen-bond acceptors (Lipinski definition) is 6. The molecular formula is C22H27N3O4S. The second kappa shape index (κ2) is 10.8. The van der Waals surface area contributed by atoms with E-state index in [1.165, 1.54) is 44.0 Å². The summed E-state index contributed by atoms with van der Waals surface area (Å²) in [6, 6.07) is 4.94. The zero-order chi connectivity index (χ0) is 21.3. The van der Waals surface area contributed by atoms with Gasteiger partial charge >= 0.3 is 0 Å². The molecule has 1 aromatic carbocycles. The van der Waals surface area contributed by atoms with Crippen LogP contribution in [0, 0.1) is 0 Å². The number of hydrogen-bond donors (Lipinski definition) is 2. The van der Waals surface area contributed by atoms with Crippen molar-refractivity contribution in [1.82, 2.24) is 10.3 Å². The third-order valence-corrected chi connectivity index (χ3v) is 5.72. The minimum absolute atomic E-state index is 0.0607. The van der Waals surface area contributed by atoms with Gasteiger partial charge in [0.15, 0.2) is 16.6 Å². The van der Waals surface area contributed by atoms with E-state index in [2.05, 4.69) is 21.7 Å². The van der Waals surface area contributed by atoms with E-state index in [0.29, 0.717) is 34.4 Å². The van der Waals surface area contributed by atoms with E-state index in [-0.39, 0.29) is 18.2 Å². The van der Waals surface area contributed by atoms with Crippen LogP contribution in [0.3, 0.4) is 0 Å². The molecule has 0 saturated heterocycles. The fourth-order valence-electron chi connectivity index (χ4n) is 3.31. The molecule has 0 atom stereocenters. The van der Waals surface area contributed by atoms with Crippen molar-refractivity contribution in [2.24, 2.45) is 0 Å². The molecule has 1 aliphatic carbocycles. The lowest BCUT2D eigenvalue weighted by atomic mass is 9.97. The highest BCUT2D eigenvalue weighted by atomic mass is 32.1. The number of thiazole rings is 1. The number of nitrogens with zero attached hydrogens (tertiary/aromatic N) is 1. The van der Waals surface area contributed by atoms with E-state index in [1.807, 2.05) is 0 Å². The molecule has 8 heteroatoms. The van der Waals surface area contributed by atoms with Gasteiger partial charge in [-0.05, 0) is 50.3 Å². The van der Waals surface area contributed by atoms with Crippen molar-refractivity contribution in [2.75, 3.05) is 26.1 Å². The van der Waals surface area contributed by atoms with E-state index >= 15 is 0 Å². The average Bonchev–Trinajstić information content (AvgIpc) is 3.20. The fourth-order valence-corrected chi connectivity index (χ4v) is 4.02. The summed E-state index contributed by atoms with van der Waals surface area (Å²) in [7, 11) is 3.06. The lowest BCUT2D eigenvalue weighted by Gasteiger charge is -2.12. The number of benzene rings is 1. The Morgan fingerprint density at radius 2 is 2.00 bits per heavy atom. The minimum Gasteiger partial charge on any atom is -0.493 e. The Hall–Kier alpha value is -2.87. The summed E-state index contributed by atoms with van der Waals surface area (Å²) in [6.45, 7) is 0.650. The monoisotopic (exact) mass is 429 g/mol. The Morgan fingerprint density at radius 1 is 1.17 bits per heavy atom. The Bertz CT molecular complexity index is 923. The summed E-state index contributed by atoms with van der Waals surface area (Å²) < 4.78 is 10.4. The van der Waals surface area contributed by atoms with Gasteiger partial charge in [-0.25, -0.2) is 4.98 Å². The van der Waals surface area contributed by atoms with Crippen LogP contribution in [0.5, 0.6) is 11.5 Å². The van der Waals surface area contributed by atoms with Crippen molar-refractivity contribution in [3.05, 3.63) is 46.5 Å². The van der Waals surface area contributed by atoms with E-state index in [1.54, 1.807) is 23.6 Å². The van der Waals surface area contributed by atoms with Gasteiger partial charge in [0.1, 0.15) is 0 Å². The van der Waals surface area contributed by atoms with E-state index in [0.717, 1.165) is 19.3 Å². The number of ether oxygens (including phenoxy) is 2. The molecule has 0 aliphatic heterocycles. The van der Waals surface area contributed by atoms with Gasteiger partial charge < -0.3 is 14.8 Å². The maximum Gasteiger partial charge on any atom is 0.257 e. The van der Waals surface area contributed by atoms with Gasteiger partial charge in [-0.1, -0.05) is 11.6 Å². The number of amides is 2. The van der Waals surface area contributed by atoms with E-state index < -0.39 is 0 Å². The van der Waals surface area contributed by atoms with Gasteiger partial charge in [0.25, 0.3) is 5.91 Å². The molecule has 2 aromatic rings. The molecule has 0 unspecified atom stereocenters. The number of allylic oxidation sites excluding steroid dienone is 1. The van der Waals surface area contributed by atoms with Gasteiger partial charge in [-0.15, -0.1) is 11.3 Å². The van der Waals surface area contributed by atoms with Crippen molar-refractivity contribution in [3.63, 3.8) is 0 Å². The Kier molecular flexibility index (Phi) is 7.84. The van der Waals surface area contributed by atoms with Gasteiger partial charge in [0, 0.05) is 17.5 Å². The van der Waals surface area contributed by atoms with Crippen LogP contribution in [0.15, 0.2) is 35.2 Å². The molecule has 0 saturated carbocycles. The van der Waals surface area contributed by atoms with Crippen molar-refractivity contribution in [3.8, 4) is 11.5 Å². The molecule has 2 N–H and O–H groups in total.